The maximum atomic E-state index is 13.7. The summed E-state index contributed by atoms with van der Waals surface area (Å²) >= 11 is 0. The summed E-state index contributed by atoms with van der Waals surface area (Å²) in [6.45, 7) is 0.655. The molecule has 5 nitrogen and oxygen atoms in total. The average Bonchev–Trinajstić information content (AvgIpc) is 3.06. The number of hydrogen-bond acceptors (Lipinski definition) is 4. The van der Waals surface area contributed by atoms with Gasteiger partial charge in [-0.25, -0.2) is 9.07 Å². The van der Waals surface area contributed by atoms with Crippen LogP contribution in [0.25, 0.3) is 0 Å². The predicted octanol–water partition coefficient (Wildman–Crippen LogP) is 2.23. The Morgan fingerprint density at radius 2 is 2.09 bits per heavy atom. The fraction of sp³-hybridized carbons (Fsp3) is 0.529. The van der Waals surface area contributed by atoms with Crippen molar-refractivity contribution in [1.82, 2.24) is 20.3 Å². The van der Waals surface area contributed by atoms with Gasteiger partial charge in [0.2, 0.25) is 0 Å². The maximum absolute atomic E-state index is 13.7. The highest BCUT2D eigenvalue weighted by Crippen LogP contribution is 2.28. The predicted molar refractivity (Wildman–Crippen MR) is 85.3 cm³/mol. The van der Waals surface area contributed by atoms with Crippen LogP contribution < -0.4 is 5.32 Å². The number of benzene rings is 1. The van der Waals surface area contributed by atoms with Crippen LogP contribution in [0.4, 0.5) is 4.39 Å². The molecule has 0 spiro atoms. The molecule has 1 aliphatic rings. The molecule has 1 fully saturated rings. The summed E-state index contributed by atoms with van der Waals surface area (Å²) in [6, 6.07) is 7.48. The lowest BCUT2D eigenvalue weighted by molar-refractivity contribution is 0.244. The highest BCUT2D eigenvalue weighted by atomic mass is 19.1. The normalized spacial score (nSPS) is 21.5. The summed E-state index contributed by atoms with van der Waals surface area (Å²) in [5, 5.41) is 20.8. The Morgan fingerprint density at radius 1 is 1.26 bits per heavy atom. The molecule has 2 aromatic rings. The van der Waals surface area contributed by atoms with Crippen molar-refractivity contribution in [3.8, 4) is 0 Å². The van der Waals surface area contributed by atoms with Crippen LogP contribution in [0.3, 0.4) is 0 Å². The molecule has 0 unspecified atom stereocenters. The van der Waals surface area contributed by atoms with Gasteiger partial charge < -0.3 is 10.4 Å². The van der Waals surface area contributed by atoms with Gasteiger partial charge in [-0.2, -0.15) is 0 Å². The van der Waals surface area contributed by atoms with Gasteiger partial charge in [-0.1, -0.05) is 36.3 Å². The van der Waals surface area contributed by atoms with Crippen molar-refractivity contribution in [1.29, 1.82) is 0 Å². The van der Waals surface area contributed by atoms with E-state index in [1.165, 1.54) is 18.9 Å². The Bertz CT molecular complexity index is 631. The third-order valence-electron chi connectivity index (χ3n) is 4.55. The number of hydrogen-bond donors (Lipinski definition) is 2. The van der Waals surface area contributed by atoms with E-state index in [0.29, 0.717) is 18.2 Å². The number of nitrogens with one attached hydrogen (secondary N) is 1. The molecule has 0 saturated heterocycles. The highest BCUT2D eigenvalue weighted by Gasteiger charge is 2.27. The topological polar surface area (TPSA) is 63.0 Å². The molecule has 0 bridgehead atoms. The van der Waals surface area contributed by atoms with E-state index in [0.717, 1.165) is 24.9 Å². The van der Waals surface area contributed by atoms with E-state index in [1.807, 2.05) is 23.0 Å². The van der Waals surface area contributed by atoms with Gasteiger partial charge in [0, 0.05) is 6.04 Å². The third kappa shape index (κ3) is 3.95. The molecule has 1 heterocycles. The van der Waals surface area contributed by atoms with E-state index in [-0.39, 0.29) is 18.5 Å². The van der Waals surface area contributed by atoms with Gasteiger partial charge >= 0.3 is 0 Å². The molecule has 2 N–H and O–H groups in total. The van der Waals surface area contributed by atoms with Crippen LogP contribution in [-0.2, 0) is 13.0 Å². The third-order valence-corrected chi connectivity index (χ3v) is 4.55. The van der Waals surface area contributed by atoms with Gasteiger partial charge in [-0.3, -0.25) is 0 Å². The van der Waals surface area contributed by atoms with E-state index in [9.17, 15) is 4.39 Å². The first-order valence-corrected chi connectivity index (χ1v) is 8.26. The Hall–Kier alpha value is -1.79. The second-order valence-electron chi connectivity index (χ2n) is 6.10. The lowest BCUT2D eigenvalue weighted by atomic mass is 9.90. The Balaban J connectivity index is 1.59. The smallest absolute Gasteiger partial charge is 0.126 e. The van der Waals surface area contributed by atoms with Crippen LogP contribution in [0.2, 0.25) is 0 Å². The van der Waals surface area contributed by atoms with E-state index in [1.54, 1.807) is 6.07 Å². The molecule has 1 aliphatic carbocycles. The highest BCUT2D eigenvalue weighted by molar-refractivity contribution is 5.17. The minimum absolute atomic E-state index is 0.0852. The quantitative estimate of drug-likeness (QED) is 0.857. The SMILES string of the molecule is OCc1cn([C@@H]2CCCC[C@@H]2NCCc2ccccc2F)nn1. The average molecular weight is 318 g/mol. The van der Waals surface area contributed by atoms with Crippen LogP contribution >= 0.6 is 0 Å². The lowest BCUT2D eigenvalue weighted by Gasteiger charge is -2.32. The zero-order chi connectivity index (χ0) is 16.1. The van der Waals surface area contributed by atoms with Crippen molar-refractivity contribution in [2.75, 3.05) is 6.54 Å². The first-order chi connectivity index (χ1) is 11.3. The van der Waals surface area contributed by atoms with Gasteiger partial charge in [0.05, 0.1) is 18.8 Å². The van der Waals surface area contributed by atoms with Gasteiger partial charge in [0.1, 0.15) is 11.5 Å². The van der Waals surface area contributed by atoms with Crippen molar-refractivity contribution in [3.05, 3.63) is 47.5 Å². The standard InChI is InChI=1S/C17H23FN4O/c18-15-6-2-1-5-13(15)9-10-19-16-7-3-4-8-17(16)22-11-14(12-23)20-21-22/h1-2,5-6,11,16-17,19,23H,3-4,7-10,12H2/t16-,17+/m0/s1. The van der Waals surface area contributed by atoms with Crippen molar-refractivity contribution in [3.63, 3.8) is 0 Å². The summed E-state index contributed by atoms with van der Waals surface area (Å²) in [5.41, 5.74) is 1.34. The fourth-order valence-electron chi connectivity index (χ4n) is 3.31. The van der Waals surface area contributed by atoms with Crippen molar-refractivity contribution >= 4 is 0 Å². The molecule has 0 aliphatic heterocycles. The van der Waals surface area contributed by atoms with Crippen molar-refractivity contribution in [2.24, 2.45) is 0 Å². The molecular weight excluding hydrogens is 295 g/mol. The second-order valence-corrected chi connectivity index (χ2v) is 6.10. The van der Waals surface area contributed by atoms with Gasteiger partial charge in [0.15, 0.2) is 0 Å². The summed E-state index contributed by atoms with van der Waals surface area (Å²) in [4.78, 5) is 0. The van der Waals surface area contributed by atoms with Crippen molar-refractivity contribution < 1.29 is 9.50 Å². The molecule has 23 heavy (non-hydrogen) atoms. The second kappa shape index (κ2) is 7.66. The minimum atomic E-state index is -0.140. The fourth-order valence-corrected chi connectivity index (χ4v) is 3.31. The number of halogens is 1. The van der Waals surface area contributed by atoms with E-state index in [4.69, 9.17) is 5.11 Å². The molecule has 1 saturated carbocycles. The molecule has 1 aromatic heterocycles. The first-order valence-electron chi connectivity index (χ1n) is 8.26. The lowest BCUT2D eigenvalue weighted by Crippen LogP contribution is -2.41. The van der Waals surface area contributed by atoms with Crippen LogP contribution in [0.15, 0.2) is 30.5 Å². The van der Waals surface area contributed by atoms with Gasteiger partial charge in [-0.05, 0) is 37.4 Å². The Kier molecular flexibility index (Phi) is 5.35. The minimum Gasteiger partial charge on any atom is -0.390 e. The zero-order valence-electron chi connectivity index (χ0n) is 13.2. The van der Waals surface area contributed by atoms with Crippen molar-refractivity contribution in [2.45, 2.75) is 50.8 Å². The summed E-state index contributed by atoms with van der Waals surface area (Å²) in [5.74, 6) is -0.140. The molecule has 1 aromatic carbocycles. The molecule has 2 atom stereocenters. The first kappa shape index (κ1) is 16.1. The zero-order valence-corrected chi connectivity index (χ0v) is 13.2. The van der Waals surface area contributed by atoms with Crippen LogP contribution in [0, 0.1) is 5.82 Å². The maximum Gasteiger partial charge on any atom is 0.126 e. The van der Waals surface area contributed by atoms with E-state index < -0.39 is 0 Å². The Morgan fingerprint density at radius 3 is 2.87 bits per heavy atom. The number of aliphatic hydroxyl groups is 1. The van der Waals surface area contributed by atoms with E-state index in [2.05, 4.69) is 15.6 Å². The summed E-state index contributed by atoms with van der Waals surface area (Å²) in [7, 11) is 0. The van der Waals surface area contributed by atoms with Crippen LogP contribution in [-0.4, -0.2) is 32.7 Å². The Labute approximate surface area is 135 Å². The molecule has 6 heteroatoms. The molecule has 3 rings (SSSR count). The van der Waals surface area contributed by atoms with E-state index >= 15 is 0 Å². The van der Waals surface area contributed by atoms with Gasteiger partial charge in [0.25, 0.3) is 0 Å². The van der Waals surface area contributed by atoms with Gasteiger partial charge in [-0.15, -0.1) is 5.10 Å². The molecular formula is C17H23FN4O. The number of rotatable bonds is 6. The number of nitrogens with zero attached hydrogens (tertiary/aromatic N) is 3. The number of aliphatic hydroxyl groups excluding tert-OH is 1. The molecule has 0 amide bonds. The molecule has 0 radical (unpaired) electrons. The van der Waals surface area contributed by atoms with Crippen LogP contribution in [0.1, 0.15) is 43.0 Å². The summed E-state index contributed by atoms with van der Waals surface area (Å²) in [6.07, 6.45) is 6.98. The monoisotopic (exact) mass is 318 g/mol. The number of aromatic nitrogens is 3. The molecule has 124 valence electrons. The largest absolute Gasteiger partial charge is 0.390 e. The van der Waals surface area contributed by atoms with Crippen LogP contribution in [0.5, 0.6) is 0 Å². The summed E-state index contributed by atoms with van der Waals surface area (Å²) < 4.78 is 15.5.